The van der Waals surface area contributed by atoms with Crippen LogP contribution in [0.3, 0.4) is 0 Å². The minimum Gasteiger partial charge on any atom is -0.385 e. The van der Waals surface area contributed by atoms with Crippen molar-refractivity contribution in [2.24, 2.45) is 0 Å². The van der Waals surface area contributed by atoms with Crippen LogP contribution in [0.5, 0.6) is 0 Å². The summed E-state index contributed by atoms with van der Waals surface area (Å²) in [7, 11) is 0. The van der Waals surface area contributed by atoms with Crippen LogP contribution in [-0.2, 0) is 18.2 Å². The number of hydrogen-bond acceptors (Lipinski definition) is 2. The third-order valence-corrected chi connectivity index (χ3v) is 6.63. The van der Waals surface area contributed by atoms with Gasteiger partial charge in [-0.15, -0.1) is 0 Å². The van der Waals surface area contributed by atoms with Crippen LogP contribution in [0.25, 0.3) is 11.1 Å². The molecule has 0 saturated carbocycles. The smallest absolute Gasteiger partial charge is 0.385 e. The number of likely N-dealkylation sites (tertiary alicyclic amines) is 1. The highest BCUT2D eigenvalue weighted by atomic mass is 35.5. The summed E-state index contributed by atoms with van der Waals surface area (Å²) >= 11 is 6.52. The highest BCUT2D eigenvalue weighted by molar-refractivity contribution is 6.31. The van der Waals surface area contributed by atoms with Gasteiger partial charge in [0, 0.05) is 24.7 Å². The summed E-state index contributed by atoms with van der Waals surface area (Å²) in [5, 5.41) is 11.7. The molecule has 0 bridgehead atoms. The fourth-order valence-electron chi connectivity index (χ4n) is 4.39. The van der Waals surface area contributed by atoms with Crippen LogP contribution < -0.4 is 0 Å². The van der Waals surface area contributed by atoms with Crippen molar-refractivity contribution < 1.29 is 18.3 Å². The molecule has 4 rings (SSSR count). The summed E-state index contributed by atoms with van der Waals surface area (Å²) in [5.41, 5.74) is 0.973. The van der Waals surface area contributed by atoms with Crippen molar-refractivity contribution in [3.05, 3.63) is 94.5 Å². The van der Waals surface area contributed by atoms with E-state index in [1.54, 1.807) is 6.07 Å². The van der Waals surface area contributed by atoms with Gasteiger partial charge in [-0.1, -0.05) is 72.3 Å². The second-order valence-corrected chi connectivity index (χ2v) is 8.75. The fourth-order valence-corrected chi connectivity index (χ4v) is 4.67. The van der Waals surface area contributed by atoms with Crippen molar-refractivity contribution in [2.45, 2.75) is 31.0 Å². The zero-order chi connectivity index (χ0) is 22.8. The second kappa shape index (κ2) is 9.26. The molecule has 3 aromatic rings. The summed E-state index contributed by atoms with van der Waals surface area (Å²) in [6, 6.07) is 21.4. The first kappa shape index (κ1) is 22.8. The molecule has 0 spiro atoms. The number of alkyl halides is 3. The van der Waals surface area contributed by atoms with E-state index in [2.05, 4.69) is 11.0 Å². The Morgan fingerprint density at radius 2 is 1.53 bits per heavy atom. The van der Waals surface area contributed by atoms with Crippen molar-refractivity contribution in [1.29, 1.82) is 0 Å². The molecule has 0 unspecified atom stereocenters. The average Bonchev–Trinajstić information content (AvgIpc) is 2.79. The van der Waals surface area contributed by atoms with Crippen molar-refractivity contribution in [3.63, 3.8) is 0 Å². The minimum atomic E-state index is -4.48. The van der Waals surface area contributed by atoms with E-state index >= 15 is 0 Å². The van der Waals surface area contributed by atoms with Crippen LogP contribution >= 0.6 is 11.6 Å². The Kier molecular flexibility index (Phi) is 6.61. The number of nitrogens with zero attached hydrogens (tertiary/aromatic N) is 1. The van der Waals surface area contributed by atoms with E-state index in [-0.39, 0.29) is 18.4 Å². The van der Waals surface area contributed by atoms with E-state index in [0.29, 0.717) is 18.1 Å². The molecule has 1 fully saturated rings. The maximum atomic E-state index is 13.4. The monoisotopic (exact) mass is 459 g/mol. The van der Waals surface area contributed by atoms with Crippen LogP contribution in [0, 0.1) is 0 Å². The van der Waals surface area contributed by atoms with Gasteiger partial charge in [-0.3, -0.25) is 0 Å². The first-order valence-electron chi connectivity index (χ1n) is 10.7. The normalized spacial score (nSPS) is 16.8. The molecule has 0 atom stereocenters. The SMILES string of the molecule is OC1(c2ccccc2C(F)(F)F)CCN(CCc2ccc(-c3ccccc3)cc2Cl)CC1. The third kappa shape index (κ3) is 5.01. The zero-order valence-electron chi connectivity index (χ0n) is 17.6. The number of aliphatic hydroxyl groups is 1. The average molecular weight is 460 g/mol. The Bertz CT molecular complexity index is 1060. The predicted molar refractivity (Wildman–Crippen MR) is 122 cm³/mol. The van der Waals surface area contributed by atoms with Crippen LogP contribution in [0.15, 0.2) is 72.8 Å². The predicted octanol–water partition coefficient (Wildman–Crippen LogP) is 6.55. The Balaban J connectivity index is 1.38. The number of benzene rings is 3. The van der Waals surface area contributed by atoms with Crippen molar-refractivity contribution >= 4 is 11.6 Å². The fraction of sp³-hybridized carbons (Fsp3) is 0.308. The lowest BCUT2D eigenvalue weighted by atomic mass is 9.81. The van der Waals surface area contributed by atoms with Gasteiger partial charge in [0.2, 0.25) is 0 Å². The topological polar surface area (TPSA) is 23.5 Å². The van der Waals surface area contributed by atoms with Crippen LogP contribution in [0.4, 0.5) is 13.2 Å². The van der Waals surface area contributed by atoms with Gasteiger partial charge in [0.1, 0.15) is 0 Å². The molecule has 1 aliphatic heterocycles. The molecule has 0 aromatic heterocycles. The Morgan fingerprint density at radius 3 is 2.19 bits per heavy atom. The summed E-state index contributed by atoms with van der Waals surface area (Å²) in [4.78, 5) is 2.17. The summed E-state index contributed by atoms with van der Waals surface area (Å²) < 4.78 is 40.2. The molecule has 0 amide bonds. The molecule has 0 radical (unpaired) electrons. The lowest BCUT2D eigenvalue weighted by Crippen LogP contribution is -2.44. The molecular formula is C26H25ClF3NO. The van der Waals surface area contributed by atoms with Gasteiger partial charge >= 0.3 is 6.18 Å². The molecule has 1 N–H and O–H groups in total. The molecule has 2 nitrogen and oxygen atoms in total. The maximum absolute atomic E-state index is 13.4. The molecule has 168 valence electrons. The molecule has 3 aromatic carbocycles. The molecule has 1 heterocycles. The summed E-state index contributed by atoms with van der Waals surface area (Å²) in [5.74, 6) is 0. The van der Waals surface area contributed by atoms with E-state index in [4.69, 9.17) is 11.6 Å². The van der Waals surface area contributed by atoms with Crippen LogP contribution in [0.1, 0.15) is 29.5 Å². The lowest BCUT2D eigenvalue weighted by molar-refractivity contribution is -0.141. The molecule has 0 aliphatic carbocycles. The van der Waals surface area contributed by atoms with Crippen molar-refractivity contribution in [1.82, 2.24) is 4.90 Å². The minimum absolute atomic E-state index is 0.0216. The van der Waals surface area contributed by atoms with Crippen molar-refractivity contribution in [3.8, 4) is 11.1 Å². The van der Waals surface area contributed by atoms with E-state index in [1.807, 2.05) is 42.5 Å². The number of halogens is 4. The van der Waals surface area contributed by atoms with Gasteiger partial charge in [0.05, 0.1) is 11.2 Å². The van der Waals surface area contributed by atoms with Crippen LogP contribution in [0.2, 0.25) is 5.02 Å². The number of piperidine rings is 1. The van der Waals surface area contributed by atoms with Gasteiger partial charge in [-0.25, -0.2) is 0 Å². The van der Waals surface area contributed by atoms with Gasteiger partial charge in [-0.05, 0) is 53.6 Å². The zero-order valence-corrected chi connectivity index (χ0v) is 18.3. The molecule has 32 heavy (non-hydrogen) atoms. The Morgan fingerprint density at radius 1 is 0.875 bits per heavy atom. The van der Waals surface area contributed by atoms with E-state index in [1.165, 1.54) is 12.1 Å². The quantitative estimate of drug-likeness (QED) is 0.467. The van der Waals surface area contributed by atoms with Crippen molar-refractivity contribution in [2.75, 3.05) is 19.6 Å². The summed E-state index contributed by atoms with van der Waals surface area (Å²) in [6.45, 7) is 1.80. The van der Waals surface area contributed by atoms with E-state index in [9.17, 15) is 18.3 Å². The Labute approximate surface area is 191 Å². The highest BCUT2D eigenvalue weighted by Gasteiger charge is 2.42. The number of hydrogen-bond donors (Lipinski definition) is 1. The second-order valence-electron chi connectivity index (χ2n) is 8.34. The van der Waals surface area contributed by atoms with Gasteiger partial charge in [0.25, 0.3) is 0 Å². The molecule has 6 heteroatoms. The molecule has 1 saturated heterocycles. The molecule has 1 aliphatic rings. The molecular weight excluding hydrogens is 435 g/mol. The Hall–Kier alpha value is -2.34. The summed E-state index contributed by atoms with van der Waals surface area (Å²) in [6.07, 6.45) is -3.21. The highest BCUT2D eigenvalue weighted by Crippen LogP contribution is 2.41. The van der Waals surface area contributed by atoms with Gasteiger partial charge in [-0.2, -0.15) is 13.2 Å². The largest absolute Gasteiger partial charge is 0.416 e. The lowest BCUT2D eigenvalue weighted by Gasteiger charge is -2.39. The number of rotatable bonds is 5. The van der Waals surface area contributed by atoms with E-state index in [0.717, 1.165) is 35.7 Å². The maximum Gasteiger partial charge on any atom is 0.416 e. The van der Waals surface area contributed by atoms with Crippen LogP contribution in [-0.4, -0.2) is 29.6 Å². The van der Waals surface area contributed by atoms with Gasteiger partial charge < -0.3 is 10.0 Å². The van der Waals surface area contributed by atoms with E-state index < -0.39 is 17.3 Å². The first-order valence-corrected chi connectivity index (χ1v) is 11.1. The first-order chi connectivity index (χ1) is 15.3. The standard InChI is InChI=1S/C26H25ClF3NO/c27-24-18-21(19-6-2-1-3-7-19)11-10-20(24)12-15-31-16-13-25(32,14-17-31)22-8-4-5-9-23(22)26(28,29)30/h1-11,18,32H,12-17H2. The third-order valence-electron chi connectivity index (χ3n) is 6.27. The van der Waals surface area contributed by atoms with Gasteiger partial charge in [0.15, 0.2) is 0 Å².